The van der Waals surface area contributed by atoms with Crippen molar-refractivity contribution in [1.82, 2.24) is 0 Å². The summed E-state index contributed by atoms with van der Waals surface area (Å²) in [5, 5.41) is 10.3. The molecule has 0 fully saturated rings. The van der Waals surface area contributed by atoms with Crippen LogP contribution in [-0.4, -0.2) is 5.11 Å². The minimum absolute atomic E-state index is 0.195. The first kappa shape index (κ1) is 16.6. The Morgan fingerprint density at radius 1 is 0.818 bits per heavy atom. The van der Waals surface area contributed by atoms with Crippen LogP contribution in [0.15, 0.2) is 42.5 Å². The lowest BCUT2D eigenvalue weighted by atomic mass is 9.74. The molecule has 118 valence electrons. The Labute approximate surface area is 135 Å². The van der Waals surface area contributed by atoms with E-state index in [1.807, 2.05) is 18.2 Å². The van der Waals surface area contributed by atoms with E-state index in [0.29, 0.717) is 5.75 Å². The van der Waals surface area contributed by atoms with Gasteiger partial charge >= 0.3 is 0 Å². The number of phenolic OH excluding ortho intramolecular Hbond substituents is 1. The maximum atomic E-state index is 10.3. The lowest BCUT2D eigenvalue weighted by Gasteiger charge is -2.30. The number of aromatic hydroxyl groups is 1. The van der Waals surface area contributed by atoms with Gasteiger partial charge in [0.15, 0.2) is 0 Å². The molecule has 0 unspecified atom stereocenters. The molecule has 0 saturated heterocycles. The van der Waals surface area contributed by atoms with Crippen molar-refractivity contribution >= 4 is 0 Å². The Bertz CT molecular complexity index is 626. The molecule has 0 saturated carbocycles. The van der Waals surface area contributed by atoms with Crippen molar-refractivity contribution in [1.29, 1.82) is 0 Å². The summed E-state index contributed by atoms with van der Waals surface area (Å²) in [4.78, 5) is 0. The molecule has 0 radical (unpaired) electrons. The molecule has 22 heavy (non-hydrogen) atoms. The highest BCUT2D eigenvalue weighted by Gasteiger charge is 2.28. The fourth-order valence-electron chi connectivity index (χ4n) is 3.42. The van der Waals surface area contributed by atoms with E-state index in [1.165, 1.54) is 16.7 Å². The summed E-state index contributed by atoms with van der Waals surface area (Å²) in [5.74, 6) is 0.385. The highest BCUT2D eigenvalue weighted by molar-refractivity contribution is 5.49. The fourth-order valence-corrected chi connectivity index (χ4v) is 3.42. The van der Waals surface area contributed by atoms with Crippen molar-refractivity contribution in [2.45, 2.75) is 58.8 Å². The number of phenols is 1. The third kappa shape index (κ3) is 3.19. The minimum atomic E-state index is -0.195. The van der Waals surface area contributed by atoms with Gasteiger partial charge in [0.25, 0.3) is 0 Å². The fraction of sp³-hybridized carbons (Fsp3) is 0.429. The molecule has 0 aliphatic heterocycles. The van der Waals surface area contributed by atoms with Gasteiger partial charge in [-0.15, -0.1) is 0 Å². The zero-order chi connectivity index (χ0) is 16.2. The molecule has 0 aliphatic rings. The number of rotatable bonds is 6. The van der Waals surface area contributed by atoms with E-state index in [2.05, 4.69) is 45.9 Å². The number of para-hydroxylation sites is 1. The van der Waals surface area contributed by atoms with Gasteiger partial charge in [-0.2, -0.15) is 0 Å². The lowest BCUT2D eigenvalue weighted by molar-refractivity contribution is 0.452. The van der Waals surface area contributed by atoms with Crippen molar-refractivity contribution in [3.05, 3.63) is 64.7 Å². The molecule has 1 N–H and O–H groups in total. The molecule has 1 nitrogen and oxygen atoms in total. The summed E-state index contributed by atoms with van der Waals surface area (Å²) in [7, 11) is 0. The van der Waals surface area contributed by atoms with E-state index in [4.69, 9.17) is 0 Å². The standard InChI is InChI=1S/C21H28O/c1-5-10-16-12-9-14-18(17(16)11-6-2)21(3,4)19-13-7-8-15-20(19)22/h7-9,12-15,22H,5-6,10-11H2,1-4H3. The Morgan fingerprint density at radius 2 is 1.45 bits per heavy atom. The minimum Gasteiger partial charge on any atom is -0.508 e. The van der Waals surface area contributed by atoms with E-state index < -0.39 is 0 Å². The molecular formula is C21H28O. The van der Waals surface area contributed by atoms with Gasteiger partial charge in [0.05, 0.1) is 0 Å². The Kier molecular flexibility index (Phi) is 5.28. The largest absolute Gasteiger partial charge is 0.508 e. The molecule has 0 spiro atoms. The zero-order valence-corrected chi connectivity index (χ0v) is 14.3. The van der Waals surface area contributed by atoms with Crippen molar-refractivity contribution in [2.24, 2.45) is 0 Å². The van der Waals surface area contributed by atoms with E-state index in [-0.39, 0.29) is 5.41 Å². The van der Waals surface area contributed by atoms with Crippen molar-refractivity contribution in [3.63, 3.8) is 0 Å². The first-order valence-corrected chi connectivity index (χ1v) is 8.42. The second-order valence-corrected chi connectivity index (χ2v) is 6.59. The highest BCUT2D eigenvalue weighted by Crippen LogP contribution is 2.39. The van der Waals surface area contributed by atoms with Crippen LogP contribution in [0.4, 0.5) is 0 Å². The Hall–Kier alpha value is -1.76. The second-order valence-electron chi connectivity index (χ2n) is 6.59. The van der Waals surface area contributed by atoms with Gasteiger partial charge in [-0.1, -0.05) is 76.9 Å². The topological polar surface area (TPSA) is 20.2 Å². The van der Waals surface area contributed by atoms with Gasteiger partial charge in [-0.05, 0) is 35.6 Å². The van der Waals surface area contributed by atoms with E-state index in [1.54, 1.807) is 6.07 Å². The summed E-state index contributed by atoms with van der Waals surface area (Å²) in [6, 6.07) is 14.4. The van der Waals surface area contributed by atoms with Gasteiger partial charge in [0.1, 0.15) is 5.75 Å². The van der Waals surface area contributed by atoms with Crippen LogP contribution in [0, 0.1) is 0 Å². The van der Waals surface area contributed by atoms with Gasteiger partial charge < -0.3 is 5.11 Å². The summed E-state index contributed by atoms with van der Waals surface area (Å²) >= 11 is 0. The van der Waals surface area contributed by atoms with E-state index in [0.717, 1.165) is 31.2 Å². The molecule has 1 heteroatoms. The molecule has 0 heterocycles. The molecule has 0 aliphatic carbocycles. The van der Waals surface area contributed by atoms with Gasteiger partial charge in [-0.3, -0.25) is 0 Å². The van der Waals surface area contributed by atoms with Crippen LogP contribution in [0.3, 0.4) is 0 Å². The van der Waals surface area contributed by atoms with Crippen molar-refractivity contribution in [2.75, 3.05) is 0 Å². The van der Waals surface area contributed by atoms with Crippen molar-refractivity contribution in [3.8, 4) is 5.75 Å². The van der Waals surface area contributed by atoms with E-state index >= 15 is 0 Å². The van der Waals surface area contributed by atoms with Gasteiger partial charge in [-0.25, -0.2) is 0 Å². The maximum Gasteiger partial charge on any atom is 0.119 e. The first-order valence-electron chi connectivity index (χ1n) is 8.42. The molecule has 0 aromatic heterocycles. The quantitative estimate of drug-likeness (QED) is 0.733. The van der Waals surface area contributed by atoms with Crippen LogP contribution in [-0.2, 0) is 18.3 Å². The van der Waals surface area contributed by atoms with Crippen LogP contribution in [0.1, 0.15) is 62.8 Å². The number of hydrogen-bond acceptors (Lipinski definition) is 1. The summed E-state index contributed by atoms with van der Waals surface area (Å²) in [6.07, 6.45) is 4.53. The number of aryl methyl sites for hydroxylation is 1. The lowest BCUT2D eigenvalue weighted by Crippen LogP contribution is -2.22. The summed E-state index contributed by atoms with van der Waals surface area (Å²) in [5.41, 5.74) is 5.09. The van der Waals surface area contributed by atoms with Gasteiger partial charge in [0, 0.05) is 11.0 Å². The van der Waals surface area contributed by atoms with E-state index in [9.17, 15) is 5.11 Å². The highest BCUT2D eigenvalue weighted by atomic mass is 16.3. The predicted molar refractivity (Wildman–Crippen MR) is 94.7 cm³/mol. The van der Waals surface area contributed by atoms with Gasteiger partial charge in [0.2, 0.25) is 0 Å². The first-order chi connectivity index (χ1) is 10.5. The third-order valence-electron chi connectivity index (χ3n) is 4.54. The average molecular weight is 296 g/mol. The Balaban J connectivity index is 2.59. The van der Waals surface area contributed by atoms with Crippen LogP contribution < -0.4 is 0 Å². The molecule has 0 amide bonds. The smallest absolute Gasteiger partial charge is 0.119 e. The summed E-state index contributed by atoms with van der Waals surface area (Å²) in [6.45, 7) is 8.90. The number of hydrogen-bond donors (Lipinski definition) is 1. The molecule has 2 rings (SSSR count). The normalized spacial score (nSPS) is 11.6. The monoisotopic (exact) mass is 296 g/mol. The van der Waals surface area contributed by atoms with Crippen LogP contribution in [0.5, 0.6) is 5.75 Å². The van der Waals surface area contributed by atoms with Crippen LogP contribution >= 0.6 is 0 Å². The maximum absolute atomic E-state index is 10.3. The molecule has 0 bridgehead atoms. The molecular weight excluding hydrogens is 268 g/mol. The third-order valence-corrected chi connectivity index (χ3v) is 4.54. The van der Waals surface area contributed by atoms with Crippen molar-refractivity contribution < 1.29 is 5.11 Å². The predicted octanol–water partition coefficient (Wildman–Crippen LogP) is 5.62. The average Bonchev–Trinajstić information content (AvgIpc) is 2.49. The van der Waals surface area contributed by atoms with Crippen LogP contribution in [0.2, 0.25) is 0 Å². The zero-order valence-electron chi connectivity index (χ0n) is 14.3. The molecule has 2 aromatic rings. The SMILES string of the molecule is CCCc1cccc(C(C)(C)c2ccccc2O)c1CCC. The number of benzene rings is 2. The summed E-state index contributed by atoms with van der Waals surface area (Å²) < 4.78 is 0. The second kappa shape index (κ2) is 7.00. The molecule has 0 atom stereocenters. The van der Waals surface area contributed by atoms with Crippen LogP contribution in [0.25, 0.3) is 0 Å². The Morgan fingerprint density at radius 3 is 2.09 bits per heavy atom. The molecule has 2 aromatic carbocycles.